The zero-order valence-electron chi connectivity index (χ0n) is 16.3. The lowest BCUT2D eigenvalue weighted by molar-refractivity contribution is 0.112. The lowest BCUT2D eigenvalue weighted by Crippen LogP contribution is -1.86. The Morgan fingerprint density at radius 3 is 1.63 bits per heavy atom. The van der Waals surface area contributed by atoms with Crippen LogP contribution in [0.25, 0.3) is 0 Å². The summed E-state index contributed by atoms with van der Waals surface area (Å²) in [5.41, 5.74) is 1.46. The molecule has 4 nitrogen and oxygen atoms in total. The summed E-state index contributed by atoms with van der Waals surface area (Å²) < 4.78 is 11.2. The first-order chi connectivity index (χ1) is 14.8. The Balaban J connectivity index is 0.000000171. The number of para-hydroxylation sites is 2. The van der Waals surface area contributed by atoms with E-state index in [4.69, 9.17) is 14.6 Å². The molecule has 0 spiro atoms. The third kappa shape index (κ3) is 6.62. The molecule has 0 aliphatic rings. The lowest BCUT2D eigenvalue weighted by atomic mass is 10.2. The van der Waals surface area contributed by atoms with Crippen LogP contribution in [0.15, 0.2) is 109 Å². The van der Waals surface area contributed by atoms with Crippen LogP contribution in [0.4, 0.5) is 0 Å². The van der Waals surface area contributed by atoms with E-state index in [0.717, 1.165) is 29.1 Å². The highest BCUT2D eigenvalue weighted by atomic mass is 16.5. The van der Waals surface area contributed by atoms with Crippen LogP contribution in [0, 0.1) is 0 Å². The van der Waals surface area contributed by atoms with Crippen molar-refractivity contribution in [2.45, 2.75) is 6.61 Å². The highest BCUT2D eigenvalue weighted by molar-refractivity contribution is 5.75. The number of hydrogen-bond donors (Lipinski definition) is 1. The van der Waals surface area contributed by atoms with Gasteiger partial charge in [-0.2, -0.15) is 0 Å². The molecule has 0 atom stereocenters. The predicted octanol–water partition coefficient (Wildman–Crippen LogP) is 6.26. The largest absolute Gasteiger partial charge is 0.457 e. The standard InChI is InChI=1S/C13H12O2.C13H10O2/c2*14-10-11-5-4-8-13(9-11)15-12-6-2-1-3-7-12/h1-9,14H,10H2;1-10H. The molecular formula is C26H22O4. The Hall–Kier alpha value is -3.89. The minimum atomic E-state index is 0.0337. The van der Waals surface area contributed by atoms with E-state index in [2.05, 4.69) is 0 Å². The number of carbonyl (C=O) groups excluding carboxylic acids is 1. The first-order valence-corrected chi connectivity index (χ1v) is 9.47. The number of aldehydes is 1. The quantitative estimate of drug-likeness (QED) is 0.389. The summed E-state index contributed by atoms with van der Waals surface area (Å²) >= 11 is 0. The smallest absolute Gasteiger partial charge is 0.150 e. The SMILES string of the molecule is O=Cc1cccc(Oc2ccccc2)c1.OCc1cccc(Oc2ccccc2)c1. The fourth-order valence-electron chi connectivity index (χ4n) is 2.61. The van der Waals surface area contributed by atoms with Crippen LogP contribution in [0.3, 0.4) is 0 Å². The van der Waals surface area contributed by atoms with Gasteiger partial charge in [0.2, 0.25) is 0 Å². The van der Waals surface area contributed by atoms with Gasteiger partial charge in [0.05, 0.1) is 6.61 Å². The molecule has 150 valence electrons. The number of aliphatic hydroxyl groups excluding tert-OH is 1. The molecule has 0 aliphatic heterocycles. The number of rotatable bonds is 6. The van der Waals surface area contributed by atoms with Gasteiger partial charge in [-0.25, -0.2) is 0 Å². The summed E-state index contributed by atoms with van der Waals surface area (Å²) in [7, 11) is 0. The molecule has 4 aromatic carbocycles. The fraction of sp³-hybridized carbons (Fsp3) is 0.0385. The summed E-state index contributed by atoms with van der Waals surface area (Å²) in [6.45, 7) is 0.0337. The molecule has 1 N–H and O–H groups in total. The average molecular weight is 398 g/mol. The molecule has 4 heteroatoms. The van der Waals surface area contributed by atoms with Crippen LogP contribution < -0.4 is 9.47 Å². The van der Waals surface area contributed by atoms with Gasteiger partial charge < -0.3 is 14.6 Å². The highest BCUT2D eigenvalue weighted by Gasteiger charge is 1.98. The second kappa shape index (κ2) is 11.2. The van der Waals surface area contributed by atoms with Gasteiger partial charge in [0, 0.05) is 5.56 Å². The first-order valence-electron chi connectivity index (χ1n) is 9.47. The van der Waals surface area contributed by atoms with E-state index in [1.165, 1.54) is 0 Å². The first kappa shape index (κ1) is 20.8. The summed E-state index contributed by atoms with van der Waals surface area (Å²) in [6.07, 6.45) is 0.803. The Kier molecular flexibility index (Phi) is 7.77. The minimum absolute atomic E-state index is 0.0337. The monoisotopic (exact) mass is 398 g/mol. The van der Waals surface area contributed by atoms with Crippen molar-refractivity contribution < 1.29 is 19.4 Å². The summed E-state index contributed by atoms with van der Waals surface area (Å²) in [5.74, 6) is 2.98. The number of benzene rings is 4. The van der Waals surface area contributed by atoms with Crippen molar-refractivity contribution in [3.05, 3.63) is 120 Å². The molecule has 4 rings (SSSR count). The maximum atomic E-state index is 10.6. The van der Waals surface area contributed by atoms with E-state index in [1.54, 1.807) is 18.2 Å². The van der Waals surface area contributed by atoms with Crippen molar-refractivity contribution in [3.8, 4) is 23.0 Å². The van der Waals surface area contributed by atoms with E-state index < -0.39 is 0 Å². The third-order valence-electron chi connectivity index (χ3n) is 4.03. The van der Waals surface area contributed by atoms with E-state index in [9.17, 15) is 4.79 Å². The second-order valence-corrected chi connectivity index (χ2v) is 6.33. The van der Waals surface area contributed by atoms with Gasteiger partial charge in [-0.05, 0) is 54.1 Å². The van der Waals surface area contributed by atoms with E-state index in [0.29, 0.717) is 11.3 Å². The number of ether oxygens (including phenoxy) is 2. The zero-order valence-corrected chi connectivity index (χ0v) is 16.3. The molecule has 0 amide bonds. The van der Waals surface area contributed by atoms with Crippen LogP contribution >= 0.6 is 0 Å². The maximum absolute atomic E-state index is 10.6. The molecule has 0 bridgehead atoms. The van der Waals surface area contributed by atoms with Crippen molar-refractivity contribution >= 4 is 6.29 Å². The van der Waals surface area contributed by atoms with Crippen LogP contribution in [-0.2, 0) is 6.61 Å². The Bertz CT molecular complexity index is 1050. The summed E-state index contributed by atoms with van der Waals surface area (Å²) in [6, 6.07) is 33.5. The molecule has 0 saturated carbocycles. The van der Waals surface area contributed by atoms with Gasteiger partial charge in [-0.1, -0.05) is 60.7 Å². The average Bonchev–Trinajstić information content (AvgIpc) is 2.81. The van der Waals surface area contributed by atoms with Crippen LogP contribution in [0.2, 0.25) is 0 Å². The molecule has 0 saturated heterocycles. The van der Waals surface area contributed by atoms with Crippen molar-refractivity contribution in [2.24, 2.45) is 0 Å². The molecule has 0 radical (unpaired) electrons. The molecule has 0 fully saturated rings. The second-order valence-electron chi connectivity index (χ2n) is 6.33. The molecule has 0 heterocycles. The van der Waals surface area contributed by atoms with Crippen molar-refractivity contribution in [2.75, 3.05) is 0 Å². The fourth-order valence-corrected chi connectivity index (χ4v) is 2.61. The predicted molar refractivity (Wildman–Crippen MR) is 117 cm³/mol. The van der Waals surface area contributed by atoms with E-state index in [1.807, 2.05) is 91.0 Å². The van der Waals surface area contributed by atoms with Gasteiger partial charge >= 0.3 is 0 Å². The van der Waals surface area contributed by atoms with E-state index >= 15 is 0 Å². The Labute approximate surface area is 176 Å². The van der Waals surface area contributed by atoms with Gasteiger partial charge in [-0.3, -0.25) is 4.79 Å². The molecule has 4 aromatic rings. The van der Waals surface area contributed by atoms with E-state index in [-0.39, 0.29) is 6.61 Å². The van der Waals surface area contributed by atoms with Gasteiger partial charge in [-0.15, -0.1) is 0 Å². The molecule has 0 aromatic heterocycles. The van der Waals surface area contributed by atoms with Crippen LogP contribution in [-0.4, -0.2) is 11.4 Å². The number of aliphatic hydroxyl groups is 1. The van der Waals surface area contributed by atoms with Crippen molar-refractivity contribution in [3.63, 3.8) is 0 Å². The van der Waals surface area contributed by atoms with Gasteiger partial charge in [0.25, 0.3) is 0 Å². The Morgan fingerprint density at radius 2 is 1.10 bits per heavy atom. The number of carbonyl (C=O) groups is 1. The zero-order chi connectivity index (χ0) is 21.0. The Morgan fingerprint density at radius 1 is 0.600 bits per heavy atom. The summed E-state index contributed by atoms with van der Waals surface area (Å²) in [5, 5.41) is 8.97. The normalized spacial score (nSPS) is 9.77. The molecule has 0 unspecified atom stereocenters. The van der Waals surface area contributed by atoms with Crippen molar-refractivity contribution in [1.82, 2.24) is 0 Å². The maximum Gasteiger partial charge on any atom is 0.150 e. The summed E-state index contributed by atoms with van der Waals surface area (Å²) in [4.78, 5) is 10.6. The molecular weight excluding hydrogens is 376 g/mol. The lowest BCUT2D eigenvalue weighted by Gasteiger charge is -2.06. The van der Waals surface area contributed by atoms with Crippen molar-refractivity contribution in [1.29, 1.82) is 0 Å². The van der Waals surface area contributed by atoms with Gasteiger partial charge in [0.15, 0.2) is 0 Å². The minimum Gasteiger partial charge on any atom is -0.457 e. The topological polar surface area (TPSA) is 55.8 Å². The molecule has 0 aliphatic carbocycles. The van der Waals surface area contributed by atoms with Gasteiger partial charge in [0.1, 0.15) is 29.3 Å². The highest BCUT2D eigenvalue weighted by Crippen LogP contribution is 2.22. The van der Waals surface area contributed by atoms with Crippen LogP contribution in [0.1, 0.15) is 15.9 Å². The molecule has 30 heavy (non-hydrogen) atoms. The third-order valence-corrected chi connectivity index (χ3v) is 4.03. The van der Waals surface area contributed by atoms with Crippen LogP contribution in [0.5, 0.6) is 23.0 Å². The number of hydrogen-bond acceptors (Lipinski definition) is 4.